The average Bonchev–Trinajstić information content (AvgIpc) is 3.35. The maximum absolute atomic E-state index is 12.5. The van der Waals surface area contributed by atoms with Gasteiger partial charge < -0.3 is 20.3 Å². The standard InChI is InChI=1S/C63H115NO5/c1-3-5-7-9-11-13-15-17-19-28-31-35-39-43-47-51-55-61(66)60(59-65)64-62(67)56-52-48-44-40-36-32-29-25-23-21-20-22-24-26-30-34-38-42-46-50-54-58-69-63(68)57-53-49-45-41-37-33-27-18-16-14-12-10-8-6-4-2/h12,14,18,27,34,38,46,50-51,55,60-61,65-66H,3-11,13,15-17,19-26,28-33,35-37,39-45,47-49,52-54,56-59H2,1-2H3,(H,64,67)/b14-12-,27-18-,38-34-,50-46-,55-51+. The highest BCUT2D eigenvalue weighted by atomic mass is 16.5. The number of allylic oxidation sites excluding steroid dienone is 8. The minimum Gasteiger partial charge on any atom is -0.465 e. The van der Waals surface area contributed by atoms with Gasteiger partial charge in [0.05, 0.1) is 25.4 Å². The van der Waals surface area contributed by atoms with Crippen molar-refractivity contribution in [2.45, 2.75) is 315 Å². The molecule has 0 heterocycles. The van der Waals surface area contributed by atoms with Crippen LogP contribution in [-0.2, 0) is 14.3 Å². The van der Waals surface area contributed by atoms with Crippen molar-refractivity contribution in [3.8, 4) is 0 Å². The third kappa shape index (κ3) is 54.7. The zero-order chi connectivity index (χ0) is 50.0. The van der Waals surface area contributed by atoms with Crippen LogP contribution in [0.3, 0.4) is 0 Å². The van der Waals surface area contributed by atoms with Crippen LogP contribution in [0, 0.1) is 0 Å². The second-order valence-corrected chi connectivity index (χ2v) is 20.3. The van der Waals surface area contributed by atoms with Crippen LogP contribution in [0.5, 0.6) is 0 Å². The van der Waals surface area contributed by atoms with Crippen molar-refractivity contribution in [3.05, 3.63) is 60.8 Å². The van der Waals surface area contributed by atoms with E-state index in [1.165, 1.54) is 212 Å². The molecule has 6 heteroatoms. The Morgan fingerprint density at radius 1 is 0.406 bits per heavy atom. The van der Waals surface area contributed by atoms with Crippen molar-refractivity contribution in [2.75, 3.05) is 13.2 Å². The number of amides is 1. The van der Waals surface area contributed by atoms with Gasteiger partial charge in [-0.1, -0.05) is 267 Å². The fourth-order valence-corrected chi connectivity index (χ4v) is 8.91. The van der Waals surface area contributed by atoms with Crippen LogP contribution in [0.4, 0.5) is 0 Å². The molecule has 0 rings (SSSR count). The number of hydrogen-bond acceptors (Lipinski definition) is 5. The molecule has 6 nitrogen and oxygen atoms in total. The minimum absolute atomic E-state index is 0.0505. The molecular weight excluding hydrogens is 851 g/mol. The van der Waals surface area contributed by atoms with Crippen LogP contribution < -0.4 is 5.32 Å². The zero-order valence-corrected chi connectivity index (χ0v) is 45.8. The molecule has 402 valence electrons. The number of carbonyl (C=O) groups is 2. The average molecular weight is 967 g/mol. The minimum atomic E-state index is -0.849. The summed E-state index contributed by atoms with van der Waals surface area (Å²) < 4.78 is 5.41. The maximum Gasteiger partial charge on any atom is 0.305 e. The normalized spacial score (nSPS) is 13.0. The van der Waals surface area contributed by atoms with Crippen molar-refractivity contribution in [1.82, 2.24) is 5.32 Å². The third-order valence-corrected chi connectivity index (χ3v) is 13.5. The van der Waals surface area contributed by atoms with Crippen molar-refractivity contribution in [3.63, 3.8) is 0 Å². The van der Waals surface area contributed by atoms with Gasteiger partial charge in [0, 0.05) is 12.8 Å². The van der Waals surface area contributed by atoms with Gasteiger partial charge in [0.25, 0.3) is 0 Å². The van der Waals surface area contributed by atoms with Crippen molar-refractivity contribution >= 4 is 11.9 Å². The van der Waals surface area contributed by atoms with Gasteiger partial charge >= 0.3 is 5.97 Å². The molecule has 1 amide bonds. The molecule has 3 N–H and O–H groups in total. The van der Waals surface area contributed by atoms with Gasteiger partial charge in [0.1, 0.15) is 0 Å². The number of hydrogen-bond donors (Lipinski definition) is 3. The van der Waals surface area contributed by atoms with Gasteiger partial charge in [0.15, 0.2) is 0 Å². The van der Waals surface area contributed by atoms with Gasteiger partial charge in [-0.3, -0.25) is 9.59 Å². The number of aliphatic hydroxyl groups is 2. The highest BCUT2D eigenvalue weighted by Gasteiger charge is 2.18. The lowest BCUT2D eigenvalue weighted by Crippen LogP contribution is -2.45. The lowest BCUT2D eigenvalue weighted by molar-refractivity contribution is -0.143. The Bertz CT molecular complexity index is 1210. The third-order valence-electron chi connectivity index (χ3n) is 13.5. The van der Waals surface area contributed by atoms with Crippen LogP contribution >= 0.6 is 0 Å². The van der Waals surface area contributed by atoms with E-state index in [0.717, 1.165) is 64.2 Å². The Morgan fingerprint density at radius 2 is 0.725 bits per heavy atom. The molecule has 0 aliphatic rings. The fraction of sp³-hybridized carbons (Fsp3) is 0.810. The van der Waals surface area contributed by atoms with Gasteiger partial charge in [0.2, 0.25) is 5.91 Å². The van der Waals surface area contributed by atoms with Crippen LogP contribution in [-0.4, -0.2) is 47.4 Å². The summed E-state index contributed by atoms with van der Waals surface area (Å²) in [5, 5.41) is 23.1. The predicted molar refractivity (Wildman–Crippen MR) is 301 cm³/mol. The number of esters is 1. The largest absolute Gasteiger partial charge is 0.465 e. The Hall–Kier alpha value is -2.44. The van der Waals surface area contributed by atoms with E-state index in [2.05, 4.69) is 67.8 Å². The molecule has 0 aromatic heterocycles. The van der Waals surface area contributed by atoms with E-state index >= 15 is 0 Å². The summed E-state index contributed by atoms with van der Waals surface area (Å²) in [6.07, 6.45) is 75.5. The molecule has 69 heavy (non-hydrogen) atoms. The van der Waals surface area contributed by atoms with Crippen molar-refractivity contribution in [1.29, 1.82) is 0 Å². The van der Waals surface area contributed by atoms with E-state index in [0.29, 0.717) is 19.4 Å². The lowest BCUT2D eigenvalue weighted by Gasteiger charge is -2.20. The number of unbranched alkanes of at least 4 members (excludes halogenated alkanes) is 36. The second-order valence-electron chi connectivity index (χ2n) is 20.3. The summed E-state index contributed by atoms with van der Waals surface area (Å²) >= 11 is 0. The first-order chi connectivity index (χ1) is 34.0. The van der Waals surface area contributed by atoms with Crippen molar-refractivity contribution in [2.24, 2.45) is 0 Å². The molecule has 0 aromatic rings. The van der Waals surface area contributed by atoms with Crippen LogP contribution in [0.1, 0.15) is 303 Å². The second kappa shape index (κ2) is 58.1. The smallest absolute Gasteiger partial charge is 0.305 e. The van der Waals surface area contributed by atoms with Gasteiger partial charge in [-0.05, 0) is 83.5 Å². The molecule has 0 aliphatic heterocycles. The Kier molecular flexibility index (Phi) is 56.1. The maximum atomic E-state index is 12.5. The van der Waals surface area contributed by atoms with Gasteiger partial charge in [-0.2, -0.15) is 0 Å². The van der Waals surface area contributed by atoms with E-state index in [-0.39, 0.29) is 18.5 Å². The van der Waals surface area contributed by atoms with E-state index in [9.17, 15) is 19.8 Å². The monoisotopic (exact) mass is 966 g/mol. The molecule has 0 aliphatic carbocycles. The molecule has 0 bridgehead atoms. The Morgan fingerprint density at radius 3 is 1.13 bits per heavy atom. The quantitative estimate of drug-likeness (QED) is 0.0321. The number of aliphatic hydroxyl groups excluding tert-OH is 2. The summed E-state index contributed by atoms with van der Waals surface area (Å²) in [4.78, 5) is 24.5. The first-order valence-corrected chi connectivity index (χ1v) is 30.1. The summed E-state index contributed by atoms with van der Waals surface area (Å²) in [5.41, 5.74) is 0. The summed E-state index contributed by atoms with van der Waals surface area (Å²) in [6.45, 7) is 4.76. The molecule has 2 atom stereocenters. The molecule has 0 saturated carbocycles. The van der Waals surface area contributed by atoms with E-state index in [1.54, 1.807) is 6.08 Å². The molecule has 0 radical (unpaired) electrons. The van der Waals surface area contributed by atoms with Gasteiger partial charge in [-0.15, -0.1) is 0 Å². The molecular formula is C63H115NO5. The SMILES string of the molecule is CCCCC/C=C\C/C=C\CCCCCCCC(=O)OCC/C=C\C/C=C\CCCCCCCCCCCCCCCCC(=O)NC(CO)C(O)/C=C/CCCCCCCCCCCCCCCC. The lowest BCUT2D eigenvalue weighted by atomic mass is 10.0. The number of carbonyl (C=O) groups excluding carboxylic acids is 2. The molecule has 0 aromatic carbocycles. The summed E-state index contributed by atoms with van der Waals surface area (Å²) in [6, 6.07) is -0.633. The molecule has 0 saturated heterocycles. The predicted octanol–water partition coefficient (Wildman–Crippen LogP) is 18.7. The topological polar surface area (TPSA) is 95.9 Å². The fourth-order valence-electron chi connectivity index (χ4n) is 8.91. The molecule has 2 unspecified atom stereocenters. The Balaban J connectivity index is 3.50. The van der Waals surface area contributed by atoms with Crippen LogP contribution in [0.15, 0.2) is 60.8 Å². The number of nitrogens with one attached hydrogen (secondary N) is 1. The highest BCUT2D eigenvalue weighted by molar-refractivity contribution is 5.76. The van der Waals surface area contributed by atoms with Crippen LogP contribution in [0.25, 0.3) is 0 Å². The molecule has 0 spiro atoms. The first kappa shape index (κ1) is 66.6. The highest BCUT2D eigenvalue weighted by Crippen LogP contribution is 2.16. The summed E-state index contributed by atoms with van der Waals surface area (Å²) in [7, 11) is 0. The van der Waals surface area contributed by atoms with E-state index < -0.39 is 12.1 Å². The first-order valence-electron chi connectivity index (χ1n) is 30.1. The van der Waals surface area contributed by atoms with E-state index in [4.69, 9.17) is 4.74 Å². The van der Waals surface area contributed by atoms with Crippen LogP contribution in [0.2, 0.25) is 0 Å². The Labute approximate surface area is 428 Å². The summed E-state index contributed by atoms with van der Waals surface area (Å²) in [5.74, 6) is -0.123. The zero-order valence-electron chi connectivity index (χ0n) is 45.8. The van der Waals surface area contributed by atoms with Crippen molar-refractivity contribution < 1.29 is 24.5 Å². The number of ether oxygens (including phenoxy) is 1. The van der Waals surface area contributed by atoms with E-state index in [1.807, 2.05) is 6.08 Å². The number of rotatable bonds is 55. The van der Waals surface area contributed by atoms with Gasteiger partial charge in [-0.25, -0.2) is 0 Å². The molecule has 0 fully saturated rings.